The van der Waals surface area contributed by atoms with Gasteiger partial charge in [0.05, 0.1) is 16.7 Å². The molecule has 0 radical (unpaired) electrons. The van der Waals surface area contributed by atoms with Crippen LogP contribution in [0.2, 0.25) is 0 Å². The summed E-state index contributed by atoms with van der Waals surface area (Å²) in [6.07, 6.45) is 0. The third-order valence-electron chi connectivity index (χ3n) is 2.77. The van der Waals surface area contributed by atoms with Gasteiger partial charge in [-0.3, -0.25) is 0 Å². The van der Waals surface area contributed by atoms with Crippen molar-refractivity contribution in [3.63, 3.8) is 0 Å². The highest BCUT2D eigenvalue weighted by molar-refractivity contribution is 5.76. The Balaban J connectivity index is 2.25. The number of hydrogen-bond acceptors (Lipinski definition) is 4. The average molecular weight is 244 g/mol. The third kappa shape index (κ3) is 2.96. The van der Waals surface area contributed by atoms with E-state index >= 15 is 0 Å². The molecule has 0 saturated carbocycles. The molecule has 4 nitrogen and oxygen atoms in total. The minimum absolute atomic E-state index is 0.342. The topological polar surface area (TPSA) is 41.1 Å². The van der Waals surface area contributed by atoms with E-state index in [9.17, 15) is 0 Å². The minimum Gasteiger partial charge on any atom is -0.365 e. The molecule has 0 saturated heterocycles. The molecule has 0 bridgehead atoms. The van der Waals surface area contributed by atoms with Crippen molar-refractivity contribution in [2.45, 2.75) is 19.9 Å². The predicted octanol–water partition coefficient (Wildman–Crippen LogP) is 2.30. The van der Waals surface area contributed by atoms with E-state index in [0.29, 0.717) is 6.04 Å². The van der Waals surface area contributed by atoms with E-state index in [-0.39, 0.29) is 0 Å². The van der Waals surface area contributed by atoms with Gasteiger partial charge in [-0.15, -0.1) is 0 Å². The summed E-state index contributed by atoms with van der Waals surface area (Å²) in [4.78, 5) is 11.4. The Morgan fingerprint density at radius 2 is 1.78 bits per heavy atom. The van der Waals surface area contributed by atoms with Crippen LogP contribution in [-0.4, -0.2) is 41.5 Å². The molecule has 2 aromatic rings. The summed E-state index contributed by atoms with van der Waals surface area (Å²) >= 11 is 0. The van der Waals surface area contributed by atoms with Gasteiger partial charge in [0.1, 0.15) is 5.82 Å². The summed E-state index contributed by atoms with van der Waals surface area (Å²) in [5.74, 6) is 0.878. The van der Waals surface area contributed by atoms with Gasteiger partial charge < -0.3 is 10.2 Å². The highest BCUT2D eigenvalue weighted by atomic mass is 15.1. The van der Waals surface area contributed by atoms with E-state index in [0.717, 1.165) is 29.1 Å². The standard InChI is InChI=1S/C14H20N4/c1-10(9-18(3)4)15-14-11(2)16-12-7-5-6-8-13(12)17-14/h5-8,10H,9H2,1-4H3,(H,15,17). The maximum absolute atomic E-state index is 4.63. The summed E-state index contributed by atoms with van der Waals surface area (Å²) in [5, 5.41) is 3.42. The Hall–Kier alpha value is -1.68. The molecule has 4 heteroatoms. The normalized spacial score (nSPS) is 12.9. The number of nitrogens with zero attached hydrogens (tertiary/aromatic N) is 3. The lowest BCUT2D eigenvalue weighted by Crippen LogP contribution is -2.30. The molecule has 0 aliphatic carbocycles. The van der Waals surface area contributed by atoms with Gasteiger partial charge in [-0.25, -0.2) is 9.97 Å². The number of nitrogens with one attached hydrogen (secondary N) is 1. The highest BCUT2D eigenvalue weighted by Crippen LogP contribution is 2.16. The molecule has 1 N–H and O–H groups in total. The van der Waals surface area contributed by atoms with Crippen LogP contribution in [0.5, 0.6) is 0 Å². The van der Waals surface area contributed by atoms with Gasteiger partial charge in [-0.2, -0.15) is 0 Å². The molecule has 1 unspecified atom stereocenters. The molecule has 0 aliphatic rings. The number of aromatic nitrogens is 2. The number of hydrogen-bond donors (Lipinski definition) is 1. The summed E-state index contributed by atoms with van der Waals surface area (Å²) in [5.41, 5.74) is 2.82. The number of fused-ring (bicyclic) bond motifs is 1. The first-order valence-corrected chi connectivity index (χ1v) is 6.21. The van der Waals surface area contributed by atoms with Crippen molar-refractivity contribution in [2.24, 2.45) is 0 Å². The predicted molar refractivity (Wildman–Crippen MR) is 75.9 cm³/mol. The minimum atomic E-state index is 0.342. The first-order chi connectivity index (χ1) is 8.56. The second-order valence-corrected chi connectivity index (χ2v) is 4.95. The first kappa shape index (κ1) is 12.8. The number of anilines is 1. The van der Waals surface area contributed by atoms with Crippen molar-refractivity contribution in [2.75, 3.05) is 26.0 Å². The number of para-hydroxylation sites is 2. The molecule has 0 aliphatic heterocycles. The molecule has 0 spiro atoms. The lowest BCUT2D eigenvalue weighted by Gasteiger charge is -2.19. The first-order valence-electron chi connectivity index (χ1n) is 6.21. The van der Waals surface area contributed by atoms with Crippen LogP contribution in [0.15, 0.2) is 24.3 Å². The van der Waals surface area contributed by atoms with E-state index in [1.165, 1.54) is 0 Å². The number of aryl methyl sites for hydroxylation is 1. The van der Waals surface area contributed by atoms with Crippen LogP contribution >= 0.6 is 0 Å². The zero-order valence-corrected chi connectivity index (χ0v) is 11.4. The quantitative estimate of drug-likeness (QED) is 0.896. The molecule has 0 fully saturated rings. The Morgan fingerprint density at radius 1 is 1.17 bits per heavy atom. The van der Waals surface area contributed by atoms with Gasteiger partial charge in [-0.05, 0) is 40.1 Å². The van der Waals surface area contributed by atoms with Gasteiger partial charge >= 0.3 is 0 Å². The third-order valence-corrected chi connectivity index (χ3v) is 2.77. The van der Waals surface area contributed by atoms with E-state index in [1.54, 1.807) is 0 Å². The van der Waals surface area contributed by atoms with Crippen LogP contribution < -0.4 is 5.32 Å². The Kier molecular flexibility index (Phi) is 3.77. The van der Waals surface area contributed by atoms with Crippen molar-refractivity contribution < 1.29 is 0 Å². The lowest BCUT2D eigenvalue weighted by molar-refractivity contribution is 0.392. The fraction of sp³-hybridized carbons (Fsp3) is 0.429. The Bertz CT molecular complexity index is 536. The number of likely N-dealkylation sites (N-methyl/N-ethyl adjacent to an activating group) is 1. The SMILES string of the molecule is Cc1nc2ccccc2nc1NC(C)CN(C)C. The largest absolute Gasteiger partial charge is 0.365 e. The molecule has 1 heterocycles. The zero-order chi connectivity index (χ0) is 13.1. The number of benzene rings is 1. The smallest absolute Gasteiger partial charge is 0.148 e. The highest BCUT2D eigenvalue weighted by Gasteiger charge is 2.08. The molecule has 2 rings (SSSR count). The fourth-order valence-corrected chi connectivity index (χ4v) is 2.05. The van der Waals surface area contributed by atoms with Crippen molar-refractivity contribution in [1.82, 2.24) is 14.9 Å². The molecule has 0 amide bonds. The molecular weight excluding hydrogens is 224 g/mol. The van der Waals surface area contributed by atoms with Gasteiger partial charge in [0.2, 0.25) is 0 Å². The monoisotopic (exact) mass is 244 g/mol. The maximum Gasteiger partial charge on any atom is 0.148 e. The van der Waals surface area contributed by atoms with Crippen LogP contribution in [0.4, 0.5) is 5.82 Å². The van der Waals surface area contributed by atoms with E-state index in [4.69, 9.17) is 0 Å². The molecule has 1 aromatic carbocycles. The summed E-state index contributed by atoms with van der Waals surface area (Å²) in [7, 11) is 4.13. The zero-order valence-electron chi connectivity index (χ0n) is 11.4. The van der Waals surface area contributed by atoms with Crippen LogP contribution in [0.3, 0.4) is 0 Å². The molecule has 1 atom stereocenters. The van der Waals surface area contributed by atoms with E-state index in [1.807, 2.05) is 31.2 Å². The fourth-order valence-electron chi connectivity index (χ4n) is 2.05. The maximum atomic E-state index is 4.63. The van der Waals surface area contributed by atoms with Crippen molar-refractivity contribution in [1.29, 1.82) is 0 Å². The molecule has 96 valence electrons. The lowest BCUT2D eigenvalue weighted by atomic mass is 10.2. The Morgan fingerprint density at radius 3 is 2.39 bits per heavy atom. The summed E-state index contributed by atoms with van der Waals surface area (Å²) in [6, 6.07) is 8.29. The van der Waals surface area contributed by atoms with E-state index < -0.39 is 0 Å². The van der Waals surface area contributed by atoms with Crippen molar-refractivity contribution >= 4 is 16.9 Å². The van der Waals surface area contributed by atoms with Crippen molar-refractivity contribution in [3.05, 3.63) is 30.0 Å². The second kappa shape index (κ2) is 5.31. The summed E-state index contributed by atoms with van der Waals surface area (Å²) < 4.78 is 0. The van der Waals surface area contributed by atoms with E-state index in [2.05, 4.69) is 41.2 Å². The van der Waals surface area contributed by atoms with Crippen LogP contribution in [-0.2, 0) is 0 Å². The number of rotatable bonds is 4. The van der Waals surface area contributed by atoms with Gasteiger partial charge in [0.15, 0.2) is 0 Å². The van der Waals surface area contributed by atoms with Gasteiger partial charge in [-0.1, -0.05) is 12.1 Å². The second-order valence-electron chi connectivity index (χ2n) is 4.95. The van der Waals surface area contributed by atoms with Crippen LogP contribution in [0, 0.1) is 6.92 Å². The van der Waals surface area contributed by atoms with Gasteiger partial charge in [0.25, 0.3) is 0 Å². The van der Waals surface area contributed by atoms with Crippen LogP contribution in [0.25, 0.3) is 11.0 Å². The molecule has 18 heavy (non-hydrogen) atoms. The van der Waals surface area contributed by atoms with Crippen LogP contribution in [0.1, 0.15) is 12.6 Å². The average Bonchev–Trinajstić information content (AvgIpc) is 2.29. The molecule has 1 aromatic heterocycles. The Labute approximate surface area is 108 Å². The van der Waals surface area contributed by atoms with Crippen molar-refractivity contribution in [3.8, 4) is 0 Å². The summed E-state index contributed by atoms with van der Waals surface area (Å²) in [6.45, 7) is 5.11. The molecular formula is C14H20N4. The van der Waals surface area contributed by atoms with Gasteiger partial charge in [0, 0.05) is 12.6 Å².